The predicted octanol–water partition coefficient (Wildman–Crippen LogP) is 0.871. The van der Waals surface area contributed by atoms with E-state index in [9.17, 15) is 4.79 Å². The lowest BCUT2D eigenvalue weighted by atomic mass is 10.2. The summed E-state index contributed by atoms with van der Waals surface area (Å²) in [4.78, 5) is 21.0. The number of nitrogens with zero attached hydrogens (tertiary/aromatic N) is 3. The van der Waals surface area contributed by atoms with Crippen LogP contribution in [0.5, 0.6) is 0 Å². The molecule has 0 bridgehead atoms. The maximum absolute atomic E-state index is 12.1. The van der Waals surface area contributed by atoms with E-state index in [1.165, 1.54) is 0 Å². The highest BCUT2D eigenvalue weighted by molar-refractivity contribution is 5.81. The number of pyridine rings is 1. The van der Waals surface area contributed by atoms with Gasteiger partial charge in [-0.1, -0.05) is 6.07 Å². The number of hydrogen-bond acceptors (Lipinski definition) is 4. The van der Waals surface area contributed by atoms with Crippen LogP contribution in [-0.4, -0.2) is 54.1 Å². The van der Waals surface area contributed by atoms with Crippen LogP contribution >= 0.6 is 0 Å². The van der Waals surface area contributed by atoms with Crippen molar-refractivity contribution >= 4 is 11.7 Å². The van der Waals surface area contributed by atoms with Gasteiger partial charge in [0.25, 0.3) is 0 Å². The molecule has 1 aliphatic carbocycles. The molecule has 1 saturated heterocycles. The van der Waals surface area contributed by atoms with Crippen LogP contribution in [0.4, 0.5) is 5.82 Å². The van der Waals surface area contributed by atoms with E-state index in [-0.39, 0.29) is 11.9 Å². The van der Waals surface area contributed by atoms with Crippen molar-refractivity contribution in [3.8, 4) is 0 Å². The lowest BCUT2D eigenvalue weighted by molar-refractivity contribution is -0.126. The summed E-state index contributed by atoms with van der Waals surface area (Å²) in [6, 6.07) is 6.41. The molecule has 1 amide bonds. The van der Waals surface area contributed by atoms with Crippen LogP contribution in [0.3, 0.4) is 0 Å². The quantitative estimate of drug-likeness (QED) is 0.885. The molecule has 2 aliphatic rings. The zero-order chi connectivity index (χ0) is 13.9. The van der Waals surface area contributed by atoms with E-state index in [2.05, 4.69) is 20.1 Å². The van der Waals surface area contributed by atoms with Gasteiger partial charge in [-0.15, -0.1) is 0 Å². The van der Waals surface area contributed by atoms with E-state index in [0.717, 1.165) is 44.8 Å². The zero-order valence-electron chi connectivity index (χ0n) is 12.0. The molecular weight excluding hydrogens is 252 g/mol. The largest absolute Gasteiger partial charge is 0.354 e. The zero-order valence-corrected chi connectivity index (χ0v) is 12.0. The van der Waals surface area contributed by atoms with E-state index in [1.54, 1.807) is 0 Å². The number of carbonyl (C=O) groups excluding carboxylic acids is 1. The fourth-order valence-corrected chi connectivity index (χ4v) is 2.59. The molecule has 1 saturated carbocycles. The lowest BCUT2D eigenvalue weighted by Gasteiger charge is -2.37. The summed E-state index contributed by atoms with van der Waals surface area (Å²) in [6.45, 7) is 5.69. The molecule has 5 heteroatoms. The molecule has 1 atom stereocenters. The Morgan fingerprint density at radius 2 is 2.05 bits per heavy atom. The van der Waals surface area contributed by atoms with Gasteiger partial charge in [-0.3, -0.25) is 9.69 Å². The molecule has 1 aliphatic heterocycles. The van der Waals surface area contributed by atoms with Crippen molar-refractivity contribution in [2.75, 3.05) is 31.1 Å². The Balaban J connectivity index is 1.51. The number of amides is 1. The average Bonchev–Trinajstić information content (AvgIpc) is 3.31. The number of hydrogen-bond donors (Lipinski definition) is 1. The van der Waals surface area contributed by atoms with E-state index in [0.29, 0.717) is 6.04 Å². The maximum Gasteiger partial charge on any atom is 0.237 e. The molecule has 1 aromatic rings. The summed E-state index contributed by atoms with van der Waals surface area (Å²) >= 11 is 0. The molecule has 3 rings (SSSR count). The standard InChI is InChI=1S/C15H22N4O/c1-12(15(20)17-13-5-6-13)18-8-10-19(11-9-18)14-4-2-3-7-16-14/h2-4,7,12-13H,5-6,8-11H2,1H3,(H,17,20)/t12-/m1/s1. The third kappa shape index (κ3) is 3.10. The van der Waals surface area contributed by atoms with Gasteiger partial charge >= 0.3 is 0 Å². The number of nitrogens with one attached hydrogen (secondary N) is 1. The molecule has 5 nitrogen and oxygen atoms in total. The predicted molar refractivity (Wildman–Crippen MR) is 78.6 cm³/mol. The maximum atomic E-state index is 12.1. The van der Waals surface area contributed by atoms with Gasteiger partial charge in [0, 0.05) is 38.4 Å². The minimum Gasteiger partial charge on any atom is -0.354 e. The first-order chi connectivity index (χ1) is 9.74. The molecule has 0 radical (unpaired) electrons. The van der Waals surface area contributed by atoms with Gasteiger partial charge < -0.3 is 10.2 Å². The molecule has 2 heterocycles. The molecule has 0 unspecified atom stereocenters. The van der Waals surface area contributed by atoms with E-state index in [4.69, 9.17) is 0 Å². The van der Waals surface area contributed by atoms with Crippen molar-refractivity contribution < 1.29 is 4.79 Å². The van der Waals surface area contributed by atoms with Gasteiger partial charge in [0.2, 0.25) is 5.91 Å². The van der Waals surface area contributed by atoms with Crippen LogP contribution in [0.25, 0.3) is 0 Å². The van der Waals surface area contributed by atoms with Gasteiger partial charge in [0.05, 0.1) is 6.04 Å². The van der Waals surface area contributed by atoms with Crippen molar-refractivity contribution in [3.63, 3.8) is 0 Å². The first-order valence-electron chi connectivity index (χ1n) is 7.44. The minimum absolute atomic E-state index is 0.0264. The molecule has 1 N–H and O–H groups in total. The Bertz CT molecular complexity index is 452. The molecule has 0 spiro atoms. The highest BCUT2D eigenvalue weighted by Gasteiger charge is 2.30. The first kappa shape index (κ1) is 13.4. The molecule has 0 aromatic carbocycles. The van der Waals surface area contributed by atoms with Crippen LogP contribution in [0.2, 0.25) is 0 Å². The Labute approximate surface area is 120 Å². The minimum atomic E-state index is -0.0264. The molecule has 2 fully saturated rings. The van der Waals surface area contributed by atoms with Crippen LogP contribution in [0.15, 0.2) is 24.4 Å². The van der Waals surface area contributed by atoms with Gasteiger partial charge in [0.1, 0.15) is 5.82 Å². The van der Waals surface area contributed by atoms with Gasteiger partial charge in [-0.25, -0.2) is 4.98 Å². The van der Waals surface area contributed by atoms with E-state index >= 15 is 0 Å². The van der Waals surface area contributed by atoms with Crippen LogP contribution in [0, 0.1) is 0 Å². The monoisotopic (exact) mass is 274 g/mol. The summed E-state index contributed by atoms with van der Waals surface area (Å²) in [5, 5.41) is 3.09. The normalized spacial score (nSPS) is 21.6. The second-order valence-corrected chi connectivity index (χ2v) is 5.67. The van der Waals surface area contributed by atoms with Gasteiger partial charge in [0.15, 0.2) is 0 Å². The molecule has 1 aromatic heterocycles. The summed E-state index contributed by atoms with van der Waals surface area (Å²) < 4.78 is 0. The fraction of sp³-hybridized carbons (Fsp3) is 0.600. The summed E-state index contributed by atoms with van der Waals surface area (Å²) in [5.74, 6) is 1.21. The molecule has 20 heavy (non-hydrogen) atoms. The Morgan fingerprint density at radius 1 is 1.30 bits per heavy atom. The third-order valence-electron chi connectivity index (χ3n) is 4.14. The fourth-order valence-electron chi connectivity index (χ4n) is 2.59. The second-order valence-electron chi connectivity index (χ2n) is 5.67. The molecular formula is C15H22N4O. The highest BCUT2D eigenvalue weighted by atomic mass is 16.2. The number of carbonyl (C=O) groups is 1. The smallest absolute Gasteiger partial charge is 0.237 e. The van der Waals surface area contributed by atoms with Crippen molar-refractivity contribution in [1.29, 1.82) is 0 Å². The number of anilines is 1. The lowest BCUT2D eigenvalue weighted by Crippen LogP contribution is -2.54. The second kappa shape index (κ2) is 5.79. The van der Waals surface area contributed by atoms with E-state index < -0.39 is 0 Å². The van der Waals surface area contributed by atoms with Crippen molar-refractivity contribution in [3.05, 3.63) is 24.4 Å². The number of piperazine rings is 1. The van der Waals surface area contributed by atoms with Crippen LogP contribution in [-0.2, 0) is 4.79 Å². The summed E-state index contributed by atoms with van der Waals surface area (Å²) in [5.41, 5.74) is 0. The first-order valence-corrected chi connectivity index (χ1v) is 7.44. The van der Waals surface area contributed by atoms with E-state index in [1.807, 2.05) is 31.3 Å². The Kier molecular flexibility index (Phi) is 3.87. The van der Waals surface area contributed by atoms with Crippen molar-refractivity contribution in [2.45, 2.75) is 31.8 Å². The van der Waals surface area contributed by atoms with Crippen molar-refractivity contribution in [1.82, 2.24) is 15.2 Å². The summed E-state index contributed by atoms with van der Waals surface area (Å²) in [6.07, 6.45) is 4.12. The van der Waals surface area contributed by atoms with Crippen molar-refractivity contribution in [2.24, 2.45) is 0 Å². The number of rotatable bonds is 4. The summed E-state index contributed by atoms with van der Waals surface area (Å²) in [7, 11) is 0. The van der Waals surface area contributed by atoms with Gasteiger partial charge in [-0.05, 0) is 31.9 Å². The van der Waals surface area contributed by atoms with Gasteiger partial charge in [-0.2, -0.15) is 0 Å². The molecule has 108 valence electrons. The highest BCUT2D eigenvalue weighted by Crippen LogP contribution is 2.19. The van der Waals surface area contributed by atoms with Crippen LogP contribution in [0.1, 0.15) is 19.8 Å². The SMILES string of the molecule is C[C@H](C(=O)NC1CC1)N1CCN(c2ccccn2)CC1. The average molecular weight is 274 g/mol. The topological polar surface area (TPSA) is 48.5 Å². The third-order valence-corrected chi connectivity index (χ3v) is 4.14. The Morgan fingerprint density at radius 3 is 2.65 bits per heavy atom. The number of aromatic nitrogens is 1. The Hall–Kier alpha value is -1.62. The van der Waals surface area contributed by atoms with Crippen LogP contribution < -0.4 is 10.2 Å².